The maximum atomic E-state index is 12.5. The molecule has 1 amide bonds. The molecule has 1 N–H and O–H groups in total. The van der Waals surface area contributed by atoms with Crippen molar-refractivity contribution in [2.75, 3.05) is 13.2 Å². The molecule has 0 fully saturated rings. The van der Waals surface area contributed by atoms with E-state index in [0.717, 1.165) is 16.7 Å². The lowest BCUT2D eigenvalue weighted by Crippen LogP contribution is -2.34. The third-order valence-electron chi connectivity index (χ3n) is 3.54. The minimum atomic E-state index is -0.0215. The maximum absolute atomic E-state index is 12.5. The van der Waals surface area contributed by atoms with Crippen LogP contribution in [-0.2, 0) is 17.8 Å². The van der Waals surface area contributed by atoms with Crippen LogP contribution in [-0.4, -0.2) is 29.1 Å². The molecule has 3 nitrogen and oxygen atoms in total. The lowest BCUT2D eigenvalue weighted by atomic mass is 10.1. The van der Waals surface area contributed by atoms with Crippen LogP contribution in [0.25, 0.3) is 0 Å². The van der Waals surface area contributed by atoms with E-state index in [4.69, 9.17) is 0 Å². The van der Waals surface area contributed by atoms with Crippen molar-refractivity contribution in [3.05, 3.63) is 71.3 Å². The van der Waals surface area contributed by atoms with Crippen LogP contribution in [0.1, 0.15) is 16.7 Å². The SMILES string of the molecule is Cc1ccccc1CC(=O)N(CCO)Cc1ccccc1. The molecule has 0 saturated heterocycles. The molecular weight excluding hydrogens is 262 g/mol. The van der Waals surface area contributed by atoms with Crippen LogP contribution < -0.4 is 0 Å². The first-order chi connectivity index (χ1) is 10.2. The van der Waals surface area contributed by atoms with Crippen molar-refractivity contribution in [3.63, 3.8) is 0 Å². The van der Waals surface area contributed by atoms with Crippen molar-refractivity contribution >= 4 is 5.91 Å². The summed E-state index contributed by atoms with van der Waals surface area (Å²) in [4.78, 5) is 14.2. The number of hydrogen-bond acceptors (Lipinski definition) is 2. The second kappa shape index (κ2) is 7.60. The Balaban J connectivity index is 2.07. The van der Waals surface area contributed by atoms with Crippen LogP contribution in [0.15, 0.2) is 54.6 Å². The Morgan fingerprint density at radius 2 is 1.71 bits per heavy atom. The summed E-state index contributed by atoms with van der Waals surface area (Å²) in [5.74, 6) is 0.0437. The Morgan fingerprint density at radius 1 is 1.05 bits per heavy atom. The zero-order valence-electron chi connectivity index (χ0n) is 12.3. The number of aliphatic hydroxyl groups excluding tert-OH is 1. The van der Waals surface area contributed by atoms with E-state index in [1.165, 1.54) is 0 Å². The van der Waals surface area contributed by atoms with Crippen LogP contribution in [0.5, 0.6) is 0 Å². The van der Waals surface area contributed by atoms with E-state index in [9.17, 15) is 9.90 Å². The minimum absolute atomic E-state index is 0.0215. The van der Waals surface area contributed by atoms with E-state index in [-0.39, 0.29) is 12.5 Å². The monoisotopic (exact) mass is 283 g/mol. The van der Waals surface area contributed by atoms with E-state index >= 15 is 0 Å². The zero-order valence-corrected chi connectivity index (χ0v) is 12.3. The predicted molar refractivity (Wildman–Crippen MR) is 83.8 cm³/mol. The topological polar surface area (TPSA) is 40.5 Å². The number of nitrogens with zero attached hydrogens (tertiary/aromatic N) is 1. The molecule has 0 saturated carbocycles. The van der Waals surface area contributed by atoms with Gasteiger partial charge in [0.2, 0.25) is 5.91 Å². The third kappa shape index (κ3) is 4.43. The van der Waals surface area contributed by atoms with Gasteiger partial charge in [0.15, 0.2) is 0 Å². The summed E-state index contributed by atoms with van der Waals surface area (Å²) in [7, 11) is 0. The van der Waals surface area contributed by atoms with Gasteiger partial charge in [-0.2, -0.15) is 0 Å². The molecule has 0 bridgehead atoms. The number of rotatable bonds is 6. The Kier molecular flexibility index (Phi) is 5.52. The lowest BCUT2D eigenvalue weighted by Gasteiger charge is -2.22. The van der Waals surface area contributed by atoms with E-state index in [2.05, 4.69) is 0 Å². The van der Waals surface area contributed by atoms with Crippen molar-refractivity contribution in [3.8, 4) is 0 Å². The predicted octanol–water partition coefficient (Wildman–Crippen LogP) is 2.56. The fraction of sp³-hybridized carbons (Fsp3) is 0.278. The number of benzene rings is 2. The fourth-order valence-electron chi connectivity index (χ4n) is 2.30. The molecular formula is C18H21NO2. The summed E-state index contributed by atoms with van der Waals surface area (Å²) in [6, 6.07) is 17.8. The van der Waals surface area contributed by atoms with Crippen molar-refractivity contribution in [1.82, 2.24) is 4.90 Å². The molecule has 0 aliphatic heterocycles. The van der Waals surface area contributed by atoms with E-state index < -0.39 is 0 Å². The molecule has 110 valence electrons. The molecule has 0 aliphatic rings. The highest BCUT2D eigenvalue weighted by atomic mass is 16.3. The number of carbonyl (C=O) groups is 1. The molecule has 2 aromatic carbocycles. The van der Waals surface area contributed by atoms with Crippen LogP contribution in [0.3, 0.4) is 0 Å². The summed E-state index contributed by atoms with van der Waals surface area (Å²) < 4.78 is 0. The standard InChI is InChI=1S/C18H21NO2/c1-15-7-5-6-10-17(15)13-18(21)19(11-12-20)14-16-8-3-2-4-9-16/h2-10,20H,11-14H2,1H3. The Bertz CT molecular complexity index is 581. The molecule has 3 heteroatoms. The van der Waals surface area contributed by atoms with Gasteiger partial charge in [-0.1, -0.05) is 54.6 Å². The van der Waals surface area contributed by atoms with Gasteiger partial charge in [-0.25, -0.2) is 0 Å². The minimum Gasteiger partial charge on any atom is -0.395 e. The van der Waals surface area contributed by atoms with Crippen LogP contribution >= 0.6 is 0 Å². The molecule has 0 radical (unpaired) electrons. The van der Waals surface area contributed by atoms with Gasteiger partial charge in [-0.15, -0.1) is 0 Å². The van der Waals surface area contributed by atoms with Gasteiger partial charge in [-0.05, 0) is 23.6 Å². The van der Waals surface area contributed by atoms with E-state index in [1.54, 1.807) is 4.90 Å². The smallest absolute Gasteiger partial charge is 0.227 e. The first-order valence-corrected chi connectivity index (χ1v) is 7.18. The van der Waals surface area contributed by atoms with Gasteiger partial charge < -0.3 is 10.0 Å². The fourth-order valence-corrected chi connectivity index (χ4v) is 2.30. The molecule has 2 aromatic rings. The number of aliphatic hydroxyl groups is 1. The summed E-state index contributed by atoms with van der Waals surface area (Å²) in [5.41, 5.74) is 3.23. The van der Waals surface area contributed by atoms with Gasteiger partial charge >= 0.3 is 0 Å². The second-order valence-corrected chi connectivity index (χ2v) is 5.13. The Morgan fingerprint density at radius 3 is 2.38 bits per heavy atom. The van der Waals surface area contributed by atoms with Crippen molar-refractivity contribution in [1.29, 1.82) is 0 Å². The molecule has 0 atom stereocenters. The van der Waals surface area contributed by atoms with Crippen LogP contribution in [0, 0.1) is 6.92 Å². The number of hydrogen-bond donors (Lipinski definition) is 1. The average Bonchev–Trinajstić information content (AvgIpc) is 2.50. The molecule has 0 heterocycles. The maximum Gasteiger partial charge on any atom is 0.227 e. The first-order valence-electron chi connectivity index (χ1n) is 7.18. The van der Waals surface area contributed by atoms with Gasteiger partial charge in [0.1, 0.15) is 0 Å². The van der Waals surface area contributed by atoms with Gasteiger partial charge in [-0.3, -0.25) is 4.79 Å². The number of carbonyl (C=O) groups excluding carboxylic acids is 1. The Hall–Kier alpha value is -2.13. The third-order valence-corrected chi connectivity index (χ3v) is 3.54. The molecule has 0 spiro atoms. The quantitative estimate of drug-likeness (QED) is 0.885. The van der Waals surface area contributed by atoms with Gasteiger partial charge in [0.05, 0.1) is 13.0 Å². The zero-order chi connectivity index (χ0) is 15.1. The lowest BCUT2D eigenvalue weighted by molar-refractivity contribution is -0.131. The van der Waals surface area contributed by atoms with Crippen molar-refractivity contribution < 1.29 is 9.90 Å². The van der Waals surface area contributed by atoms with Crippen LogP contribution in [0.4, 0.5) is 0 Å². The normalized spacial score (nSPS) is 10.4. The molecule has 0 unspecified atom stereocenters. The first kappa shape index (κ1) is 15.3. The second-order valence-electron chi connectivity index (χ2n) is 5.13. The van der Waals surface area contributed by atoms with Crippen LogP contribution in [0.2, 0.25) is 0 Å². The average molecular weight is 283 g/mol. The Labute approximate surface area is 125 Å². The largest absolute Gasteiger partial charge is 0.395 e. The van der Waals surface area contributed by atoms with Crippen molar-refractivity contribution in [2.24, 2.45) is 0 Å². The molecule has 21 heavy (non-hydrogen) atoms. The number of aryl methyl sites for hydroxylation is 1. The highest BCUT2D eigenvalue weighted by Crippen LogP contribution is 2.11. The highest BCUT2D eigenvalue weighted by Gasteiger charge is 2.14. The highest BCUT2D eigenvalue weighted by molar-refractivity contribution is 5.79. The summed E-state index contributed by atoms with van der Waals surface area (Å²) in [6.07, 6.45) is 0.375. The van der Waals surface area contributed by atoms with Gasteiger partial charge in [0.25, 0.3) is 0 Å². The van der Waals surface area contributed by atoms with E-state index in [0.29, 0.717) is 19.5 Å². The van der Waals surface area contributed by atoms with E-state index in [1.807, 2.05) is 61.5 Å². The summed E-state index contributed by atoms with van der Waals surface area (Å²) in [6.45, 7) is 2.88. The summed E-state index contributed by atoms with van der Waals surface area (Å²) in [5, 5.41) is 9.19. The molecule has 0 aromatic heterocycles. The van der Waals surface area contributed by atoms with Crippen molar-refractivity contribution in [2.45, 2.75) is 19.9 Å². The number of amides is 1. The van der Waals surface area contributed by atoms with Gasteiger partial charge in [0, 0.05) is 13.1 Å². The summed E-state index contributed by atoms with van der Waals surface area (Å²) >= 11 is 0. The molecule has 0 aliphatic carbocycles. The molecule has 2 rings (SSSR count).